The van der Waals surface area contributed by atoms with Crippen molar-refractivity contribution < 1.29 is 4.79 Å². The molecule has 3 heterocycles. The van der Waals surface area contributed by atoms with Gasteiger partial charge in [-0.1, -0.05) is 18.2 Å². The molecule has 5 N–H and O–H groups in total. The maximum absolute atomic E-state index is 12.6. The third-order valence-corrected chi connectivity index (χ3v) is 6.53. The SMILES string of the molecule is Cc1cc(NC(=O)Nc2ccc(-c3ccnc4[nH]nc(N)c34)cc2)ccc1CN1CCN(C)CC1. The van der Waals surface area contributed by atoms with Gasteiger partial charge in [-0.2, -0.15) is 5.10 Å². The van der Waals surface area contributed by atoms with Gasteiger partial charge in [-0.05, 0) is 66.6 Å². The number of H-pyrrole nitrogens is 1. The molecule has 1 saturated heterocycles. The number of fused-ring (bicyclic) bond motifs is 1. The van der Waals surface area contributed by atoms with Crippen LogP contribution in [0.1, 0.15) is 11.1 Å². The number of nitrogens with zero attached hydrogens (tertiary/aromatic N) is 4. The molecule has 0 radical (unpaired) electrons. The summed E-state index contributed by atoms with van der Waals surface area (Å²) in [4.78, 5) is 21.7. The molecular weight excluding hydrogens is 440 g/mol. The van der Waals surface area contributed by atoms with E-state index in [1.165, 1.54) is 11.1 Å². The number of benzene rings is 2. The molecule has 0 spiro atoms. The Hall–Kier alpha value is -3.95. The van der Waals surface area contributed by atoms with E-state index in [2.05, 4.69) is 55.7 Å². The Balaban J connectivity index is 1.21. The molecule has 1 aliphatic rings. The van der Waals surface area contributed by atoms with Crippen LogP contribution in [0.15, 0.2) is 54.7 Å². The van der Waals surface area contributed by atoms with E-state index < -0.39 is 0 Å². The number of carbonyl (C=O) groups excluding carboxylic acids is 1. The first-order valence-electron chi connectivity index (χ1n) is 11.7. The van der Waals surface area contributed by atoms with Gasteiger partial charge in [-0.25, -0.2) is 9.78 Å². The van der Waals surface area contributed by atoms with Crippen LogP contribution in [0, 0.1) is 6.92 Å². The average Bonchev–Trinajstić information content (AvgIpc) is 3.24. The monoisotopic (exact) mass is 470 g/mol. The molecule has 1 aliphatic heterocycles. The molecule has 180 valence electrons. The number of aromatic nitrogens is 3. The van der Waals surface area contributed by atoms with Gasteiger partial charge in [0.25, 0.3) is 0 Å². The smallest absolute Gasteiger partial charge is 0.323 e. The van der Waals surface area contributed by atoms with E-state index in [0.29, 0.717) is 17.2 Å². The van der Waals surface area contributed by atoms with Gasteiger partial charge < -0.3 is 21.3 Å². The molecule has 2 aromatic carbocycles. The van der Waals surface area contributed by atoms with E-state index in [-0.39, 0.29) is 6.03 Å². The van der Waals surface area contributed by atoms with Gasteiger partial charge in [-0.15, -0.1) is 0 Å². The molecule has 2 aromatic heterocycles. The number of nitrogen functional groups attached to an aromatic ring is 1. The maximum atomic E-state index is 12.6. The first kappa shape index (κ1) is 22.8. The van der Waals surface area contributed by atoms with Crippen LogP contribution in [0.3, 0.4) is 0 Å². The summed E-state index contributed by atoms with van der Waals surface area (Å²) in [5.41, 5.74) is 12.5. The van der Waals surface area contributed by atoms with E-state index >= 15 is 0 Å². The summed E-state index contributed by atoms with van der Waals surface area (Å²) in [5.74, 6) is 0.412. The average molecular weight is 471 g/mol. The molecule has 0 saturated carbocycles. The van der Waals surface area contributed by atoms with Gasteiger partial charge in [0, 0.05) is 50.3 Å². The third kappa shape index (κ3) is 5.11. The number of rotatable bonds is 5. The quantitative estimate of drug-likeness (QED) is 0.352. The number of pyridine rings is 1. The van der Waals surface area contributed by atoms with Crippen LogP contribution in [0.25, 0.3) is 22.2 Å². The number of urea groups is 1. The van der Waals surface area contributed by atoms with Crippen LogP contribution < -0.4 is 16.4 Å². The van der Waals surface area contributed by atoms with Crippen LogP contribution in [0.2, 0.25) is 0 Å². The van der Waals surface area contributed by atoms with Crippen LogP contribution in [-0.4, -0.2) is 64.2 Å². The maximum Gasteiger partial charge on any atom is 0.323 e. The fraction of sp³-hybridized carbons (Fsp3) is 0.269. The van der Waals surface area contributed by atoms with Gasteiger partial charge in [-0.3, -0.25) is 10.00 Å². The fourth-order valence-electron chi connectivity index (χ4n) is 4.44. The first-order chi connectivity index (χ1) is 17.0. The number of amides is 2. The molecule has 9 heteroatoms. The van der Waals surface area contributed by atoms with Crippen molar-refractivity contribution in [1.82, 2.24) is 25.0 Å². The number of nitrogens with one attached hydrogen (secondary N) is 3. The minimum atomic E-state index is -0.283. The Kier molecular flexibility index (Phi) is 6.35. The molecule has 9 nitrogen and oxygen atoms in total. The zero-order valence-corrected chi connectivity index (χ0v) is 20.0. The second-order valence-electron chi connectivity index (χ2n) is 9.07. The third-order valence-electron chi connectivity index (χ3n) is 6.53. The Bertz CT molecular complexity index is 1340. The second-order valence-corrected chi connectivity index (χ2v) is 9.07. The minimum Gasteiger partial charge on any atom is -0.382 e. The van der Waals surface area contributed by atoms with Crippen molar-refractivity contribution >= 4 is 34.3 Å². The highest BCUT2D eigenvalue weighted by Gasteiger charge is 2.15. The molecule has 35 heavy (non-hydrogen) atoms. The van der Waals surface area contributed by atoms with Crippen molar-refractivity contribution in [1.29, 1.82) is 0 Å². The van der Waals surface area contributed by atoms with Crippen molar-refractivity contribution in [2.75, 3.05) is 49.6 Å². The molecule has 0 atom stereocenters. The highest BCUT2D eigenvalue weighted by Crippen LogP contribution is 2.30. The molecule has 0 aliphatic carbocycles. The number of nitrogens with two attached hydrogens (primary N) is 1. The van der Waals surface area contributed by atoms with E-state index in [9.17, 15) is 4.79 Å². The van der Waals surface area contributed by atoms with E-state index in [0.717, 1.165) is 54.9 Å². The van der Waals surface area contributed by atoms with Gasteiger partial charge in [0.2, 0.25) is 0 Å². The predicted molar refractivity (Wildman–Crippen MR) is 140 cm³/mol. The minimum absolute atomic E-state index is 0.283. The topological polar surface area (TPSA) is 115 Å². The number of anilines is 3. The lowest BCUT2D eigenvalue weighted by molar-refractivity contribution is 0.148. The number of aromatic amines is 1. The Morgan fingerprint density at radius 2 is 1.74 bits per heavy atom. The standard InChI is InChI=1S/C26H30N8O/c1-17-15-21(8-5-19(17)16-34-13-11-33(2)12-14-34)30-26(35)29-20-6-3-18(4-7-20)22-9-10-28-25-23(22)24(27)31-32-25/h3-10,15H,11-14,16H2,1-2H3,(H2,29,30,35)(H3,27,28,31,32). The molecule has 0 bridgehead atoms. The number of likely N-dealkylation sites (N-methyl/N-ethyl adjacent to an activating group) is 1. The molecule has 4 aromatic rings. The molecule has 1 fully saturated rings. The van der Waals surface area contributed by atoms with Crippen LogP contribution in [0.4, 0.5) is 22.0 Å². The second kappa shape index (κ2) is 9.73. The van der Waals surface area contributed by atoms with Crippen molar-refractivity contribution in [2.45, 2.75) is 13.5 Å². The van der Waals surface area contributed by atoms with Crippen LogP contribution >= 0.6 is 0 Å². The number of hydrogen-bond donors (Lipinski definition) is 4. The summed E-state index contributed by atoms with van der Waals surface area (Å²) >= 11 is 0. The molecular formula is C26H30N8O. The van der Waals surface area contributed by atoms with Crippen molar-refractivity contribution in [2.24, 2.45) is 0 Å². The van der Waals surface area contributed by atoms with E-state index in [4.69, 9.17) is 5.73 Å². The number of hydrogen-bond acceptors (Lipinski definition) is 6. The van der Waals surface area contributed by atoms with E-state index in [1.807, 2.05) is 42.5 Å². The molecule has 2 amide bonds. The number of aryl methyl sites for hydroxylation is 1. The zero-order valence-electron chi connectivity index (χ0n) is 20.0. The van der Waals surface area contributed by atoms with Gasteiger partial charge in [0.15, 0.2) is 11.5 Å². The summed E-state index contributed by atoms with van der Waals surface area (Å²) in [6.07, 6.45) is 1.72. The lowest BCUT2D eigenvalue weighted by Gasteiger charge is -2.32. The fourth-order valence-corrected chi connectivity index (χ4v) is 4.44. The number of piperazine rings is 1. The van der Waals surface area contributed by atoms with Gasteiger partial charge in [0.05, 0.1) is 5.39 Å². The summed E-state index contributed by atoms with van der Waals surface area (Å²) in [5, 5.41) is 13.5. The van der Waals surface area contributed by atoms with E-state index in [1.54, 1.807) is 6.20 Å². The normalized spacial score (nSPS) is 14.8. The van der Waals surface area contributed by atoms with Crippen molar-refractivity contribution in [3.63, 3.8) is 0 Å². The Morgan fingerprint density at radius 3 is 2.49 bits per heavy atom. The zero-order chi connectivity index (χ0) is 24.4. The summed E-state index contributed by atoms with van der Waals surface area (Å²) in [6, 6.07) is 15.3. The predicted octanol–water partition coefficient (Wildman–Crippen LogP) is 3.91. The first-order valence-corrected chi connectivity index (χ1v) is 11.7. The Morgan fingerprint density at radius 1 is 1.03 bits per heavy atom. The molecule has 0 unspecified atom stereocenters. The van der Waals surface area contributed by atoms with Crippen LogP contribution in [-0.2, 0) is 6.54 Å². The number of carbonyl (C=O) groups is 1. The lowest BCUT2D eigenvalue weighted by Crippen LogP contribution is -2.43. The summed E-state index contributed by atoms with van der Waals surface area (Å²) < 4.78 is 0. The van der Waals surface area contributed by atoms with Crippen molar-refractivity contribution in [3.8, 4) is 11.1 Å². The lowest BCUT2D eigenvalue weighted by atomic mass is 10.0. The Labute approximate surface area is 204 Å². The van der Waals surface area contributed by atoms with Crippen molar-refractivity contribution in [3.05, 3.63) is 65.9 Å². The van der Waals surface area contributed by atoms with Crippen LogP contribution in [0.5, 0.6) is 0 Å². The largest absolute Gasteiger partial charge is 0.382 e. The molecule has 5 rings (SSSR count). The highest BCUT2D eigenvalue weighted by molar-refractivity contribution is 6.01. The van der Waals surface area contributed by atoms with Gasteiger partial charge >= 0.3 is 6.03 Å². The van der Waals surface area contributed by atoms with Gasteiger partial charge in [0.1, 0.15) is 0 Å². The highest BCUT2D eigenvalue weighted by atomic mass is 16.2. The summed E-state index contributed by atoms with van der Waals surface area (Å²) in [7, 11) is 2.16. The summed E-state index contributed by atoms with van der Waals surface area (Å²) in [6.45, 7) is 7.40.